The summed E-state index contributed by atoms with van der Waals surface area (Å²) in [7, 11) is 1.93. The second-order valence-corrected chi connectivity index (χ2v) is 5.69. The lowest BCUT2D eigenvalue weighted by molar-refractivity contribution is 0.341. The van der Waals surface area contributed by atoms with Gasteiger partial charge in [0.15, 0.2) is 5.16 Å². The van der Waals surface area contributed by atoms with Crippen molar-refractivity contribution in [2.45, 2.75) is 25.5 Å². The molecule has 0 fully saturated rings. The number of ether oxygens (including phenoxy) is 1. The second-order valence-electron chi connectivity index (χ2n) is 4.63. The molecule has 20 heavy (non-hydrogen) atoms. The van der Waals surface area contributed by atoms with E-state index >= 15 is 0 Å². The fourth-order valence-electron chi connectivity index (χ4n) is 1.89. The van der Waals surface area contributed by atoms with E-state index in [1.165, 1.54) is 11.1 Å². The minimum Gasteiger partial charge on any atom is -0.492 e. The van der Waals surface area contributed by atoms with Crippen LogP contribution in [-0.4, -0.2) is 27.1 Å². The van der Waals surface area contributed by atoms with Crippen LogP contribution >= 0.6 is 11.8 Å². The molecule has 0 atom stereocenters. The first-order valence-corrected chi connectivity index (χ1v) is 7.51. The molecule has 0 bridgehead atoms. The van der Waals surface area contributed by atoms with Gasteiger partial charge in [-0.15, -0.1) is 10.2 Å². The summed E-state index contributed by atoms with van der Waals surface area (Å²) in [5.74, 6) is 2.56. The highest BCUT2D eigenvalue weighted by Crippen LogP contribution is 2.20. The number of hydrogen-bond acceptors (Lipinski definition) is 5. The molecule has 0 spiro atoms. The number of aromatic nitrogens is 3. The maximum atomic E-state index is 5.78. The maximum absolute atomic E-state index is 5.78. The Kier molecular flexibility index (Phi) is 5.03. The highest BCUT2D eigenvalue weighted by molar-refractivity contribution is 7.99. The fraction of sp³-hybridized carbons (Fsp3) is 0.429. The van der Waals surface area contributed by atoms with Crippen molar-refractivity contribution in [3.63, 3.8) is 0 Å². The minimum atomic E-state index is 0.406. The zero-order valence-electron chi connectivity index (χ0n) is 12.1. The number of nitrogens with two attached hydrogens (primary N) is 1. The number of nitrogens with zero attached hydrogens (tertiary/aromatic N) is 3. The van der Waals surface area contributed by atoms with Crippen molar-refractivity contribution < 1.29 is 4.74 Å². The highest BCUT2D eigenvalue weighted by atomic mass is 32.2. The zero-order chi connectivity index (χ0) is 14.5. The quantitative estimate of drug-likeness (QED) is 0.652. The number of hydrogen-bond donors (Lipinski definition) is 1. The van der Waals surface area contributed by atoms with Crippen LogP contribution in [0.25, 0.3) is 0 Å². The monoisotopic (exact) mass is 292 g/mol. The van der Waals surface area contributed by atoms with Gasteiger partial charge >= 0.3 is 0 Å². The third kappa shape index (κ3) is 3.52. The van der Waals surface area contributed by atoms with Gasteiger partial charge in [0, 0.05) is 12.8 Å². The summed E-state index contributed by atoms with van der Waals surface area (Å²) in [6.07, 6.45) is 0. The summed E-state index contributed by atoms with van der Waals surface area (Å²) in [5, 5.41) is 8.99. The van der Waals surface area contributed by atoms with Gasteiger partial charge < -0.3 is 15.0 Å². The molecule has 5 nitrogen and oxygen atoms in total. The molecular weight excluding hydrogens is 272 g/mol. The summed E-state index contributed by atoms with van der Waals surface area (Å²) in [5.41, 5.74) is 7.98. The molecule has 0 radical (unpaired) electrons. The van der Waals surface area contributed by atoms with Gasteiger partial charge in [-0.05, 0) is 25.5 Å². The van der Waals surface area contributed by atoms with Gasteiger partial charge in [0.2, 0.25) is 0 Å². The summed E-state index contributed by atoms with van der Waals surface area (Å²) >= 11 is 1.62. The van der Waals surface area contributed by atoms with E-state index in [9.17, 15) is 0 Å². The number of benzene rings is 1. The van der Waals surface area contributed by atoms with Gasteiger partial charge in [-0.1, -0.05) is 29.5 Å². The third-order valence-electron chi connectivity index (χ3n) is 3.01. The molecule has 2 aromatic rings. The lowest BCUT2D eigenvalue weighted by Gasteiger charge is -2.09. The Labute approximate surface area is 123 Å². The van der Waals surface area contributed by atoms with Gasteiger partial charge in [-0.3, -0.25) is 0 Å². The summed E-state index contributed by atoms with van der Waals surface area (Å²) in [6, 6.07) is 6.20. The standard InChI is InChI=1S/C14H20N4OS/c1-10-4-5-12(11(2)8-10)19-6-7-20-14-17-16-13(9-15)18(14)3/h4-5,8H,6-7,9,15H2,1-3H3. The van der Waals surface area contributed by atoms with Crippen molar-refractivity contribution in [2.75, 3.05) is 12.4 Å². The Morgan fingerprint density at radius 1 is 1.30 bits per heavy atom. The molecule has 1 aromatic heterocycles. The number of aryl methyl sites for hydroxylation is 2. The lowest BCUT2D eigenvalue weighted by atomic mass is 10.1. The third-order valence-corrected chi connectivity index (χ3v) is 3.99. The minimum absolute atomic E-state index is 0.406. The zero-order valence-corrected chi connectivity index (χ0v) is 12.9. The second kappa shape index (κ2) is 6.76. The van der Waals surface area contributed by atoms with Crippen molar-refractivity contribution in [2.24, 2.45) is 12.8 Å². The molecule has 108 valence electrons. The van der Waals surface area contributed by atoms with E-state index in [1.807, 2.05) is 17.7 Å². The highest BCUT2D eigenvalue weighted by Gasteiger charge is 2.07. The molecule has 1 aromatic carbocycles. The molecule has 6 heteroatoms. The first kappa shape index (κ1) is 14.9. The molecule has 0 aliphatic heterocycles. The Morgan fingerprint density at radius 2 is 2.10 bits per heavy atom. The maximum Gasteiger partial charge on any atom is 0.191 e. The van der Waals surface area contributed by atoms with E-state index in [4.69, 9.17) is 10.5 Å². The average Bonchev–Trinajstić information content (AvgIpc) is 2.77. The summed E-state index contributed by atoms with van der Waals surface area (Å²) < 4.78 is 7.70. The number of thioether (sulfide) groups is 1. The largest absolute Gasteiger partial charge is 0.492 e. The van der Waals surface area contributed by atoms with Crippen LogP contribution in [0.3, 0.4) is 0 Å². The molecule has 0 saturated carbocycles. The van der Waals surface area contributed by atoms with Crippen molar-refractivity contribution in [3.8, 4) is 5.75 Å². The first-order valence-electron chi connectivity index (χ1n) is 6.53. The van der Waals surface area contributed by atoms with Crippen LogP contribution in [0.15, 0.2) is 23.4 Å². The molecule has 0 aliphatic carbocycles. The summed E-state index contributed by atoms with van der Waals surface area (Å²) in [4.78, 5) is 0. The van der Waals surface area contributed by atoms with Crippen molar-refractivity contribution in [3.05, 3.63) is 35.2 Å². The van der Waals surface area contributed by atoms with Crippen LogP contribution in [0, 0.1) is 13.8 Å². The van der Waals surface area contributed by atoms with E-state index in [0.717, 1.165) is 22.5 Å². The van der Waals surface area contributed by atoms with Crippen molar-refractivity contribution in [1.29, 1.82) is 0 Å². The average molecular weight is 292 g/mol. The molecule has 0 aliphatic rings. The normalized spacial score (nSPS) is 10.8. The van der Waals surface area contributed by atoms with Gasteiger partial charge in [0.1, 0.15) is 11.6 Å². The van der Waals surface area contributed by atoms with Crippen molar-refractivity contribution in [1.82, 2.24) is 14.8 Å². The van der Waals surface area contributed by atoms with E-state index in [1.54, 1.807) is 11.8 Å². The predicted molar refractivity (Wildman–Crippen MR) is 81.0 cm³/mol. The Morgan fingerprint density at radius 3 is 2.75 bits per heavy atom. The molecular formula is C14H20N4OS. The predicted octanol–water partition coefficient (Wildman–Crippen LogP) is 2.06. The van der Waals surface area contributed by atoms with Crippen LogP contribution in [0.4, 0.5) is 0 Å². The first-order chi connectivity index (χ1) is 9.61. The molecule has 0 saturated heterocycles. The van der Waals surface area contributed by atoms with Crippen LogP contribution in [-0.2, 0) is 13.6 Å². The SMILES string of the molecule is Cc1ccc(OCCSc2nnc(CN)n2C)c(C)c1. The number of rotatable bonds is 6. The van der Waals surface area contributed by atoms with Gasteiger partial charge in [-0.25, -0.2) is 0 Å². The molecule has 0 unspecified atom stereocenters. The van der Waals surface area contributed by atoms with E-state index in [0.29, 0.717) is 13.2 Å². The van der Waals surface area contributed by atoms with E-state index in [-0.39, 0.29) is 0 Å². The van der Waals surface area contributed by atoms with Gasteiger partial charge in [0.05, 0.1) is 13.2 Å². The molecule has 1 heterocycles. The van der Waals surface area contributed by atoms with Crippen LogP contribution < -0.4 is 10.5 Å². The van der Waals surface area contributed by atoms with E-state index in [2.05, 4.69) is 36.2 Å². The Hall–Kier alpha value is -1.53. The smallest absolute Gasteiger partial charge is 0.191 e. The molecule has 2 rings (SSSR count). The molecule has 0 amide bonds. The van der Waals surface area contributed by atoms with Gasteiger partial charge in [0.25, 0.3) is 0 Å². The Bertz CT molecular complexity index is 583. The van der Waals surface area contributed by atoms with Crippen LogP contribution in [0.5, 0.6) is 5.75 Å². The fourth-order valence-corrected chi connectivity index (χ4v) is 2.64. The topological polar surface area (TPSA) is 66.0 Å². The van der Waals surface area contributed by atoms with Gasteiger partial charge in [-0.2, -0.15) is 0 Å². The van der Waals surface area contributed by atoms with Crippen LogP contribution in [0.1, 0.15) is 17.0 Å². The summed E-state index contributed by atoms with van der Waals surface area (Å²) in [6.45, 7) is 5.18. The van der Waals surface area contributed by atoms with Crippen molar-refractivity contribution >= 4 is 11.8 Å². The van der Waals surface area contributed by atoms with E-state index < -0.39 is 0 Å². The molecule has 2 N–H and O–H groups in total. The Balaban J connectivity index is 1.83. The lowest BCUT2D eigenvalue weighted by Crippen LogP contribution is -2.06. The van der Waals surface area contributed by atoms with Crippen LogP contribution in [0.2, 0.25) is 0 Å².